The fraction of sp³-hybridized carbons (Fsp3) is 0.273. The molecule has 1 aromatic heterocycles. The highest BCUT2D eigenvalue weighted by molar-refractivity contribution is 5.79. The molecule has 4 nitrogen and oxygen atoms in total. The van der Waals surface area contributed by atoms with E-state index in [9.17, 15) is 9.90 Å². The Bertz CT molecular complexity index is 958. The van der Waals surface area contributed by atoms with Crippen LogP contribution in [0, 0.1) is 5.92 Å². The summed E-state index contributed by atoms with van der Waals surface area (Å²) in [6.07, 6.45) is 1.29. The Hall–Kier alpha value is -2.88. The van der Waals surface area contributed by atoms with Crippen molar-refractivity contribution in [2.45, 2.75) is 32.7 Å². The van der Waals surface area contributed by atoms with Gasteiger partial charge in [-0.25, -0.2) is 9.78 Å². The fourth-order valence-electron chi connectivity index (χ4n) is 3.81. The maximum Gasteiger partial charge on any atom is 0.327 e. The van der Waals surface area contributed by atoms with Gasteiger partial charge in [0.2, 0.25) is 0 Å². The van der Waals surface area contributed by atoms with Gasteiger partial charge in [-0.15, -0.1) is 0 Å². The molecule has 1 unspecified atom stereocenters. The van der Waals surface area contributed by atoms with Crippen LogP contribution in [0.15, 0.2) is 54.6 Å². The predicted octanol–water partition coefficient (Wildman–Crippen LogP) is 4.60. The maximum absolute atomic E-state index is 12.1. The largest absolute Gasteiger partial charge is 0.480 e. The first-order chi connectivity index (χ1) is 12.6. The van der Waals surface area contributed by atoms with E-state index in [2.05, 4.69) is 13.8 Å². The molecule has 1 atom stereocenters. The van der Waals surface area contributed by atoms with Gasteiger partial charge in [0, 0.05) is 23.2 Å². The molecular weight excluding hydrogens is 324 g/mol. The molecule has 4 heteroatoms. The van der Waals surface area contributed by atoms with Gasteiger partial charge in [0.25, 0.3) is 0 Å². The van der Waals surface area contributed by atoms with Gasteiger partial charge in [0.15, 0.2) is 0 Å². The number of aromatic nitrogens is 2. The van der Waals surface area contributed by atoms with Crippen molar-refractivity contribution in [2.24, 2.45) is 5.92 Å². The molecule has 1 aliphatic heterocycles. The van der Waals surface area contributed by atoms with Crippen LogP contribution in [0.3, 0.4) is 0 Å². The summed E-state index contributed by atoms with van der Waals surface area (Å²) in [6, 6.07) is 17.4. The Labute approximate surface area is 153 Å². The number of nitrogens with zero attached hydrogens (tertiary/aromatic N) is 2. The van der Waals surface area contributed by atoms with Crippen LogP contribution in [0.4, 0.5) is 0 Å². The lowest BCUT2D eigenvalue weighted by Crippen LogP contribution is -2.27. The Morgan fingerprint density at radius 1 is 1.15 bits per heavy atom. The SMILES string of the molecule is CC(C)Cc1c(-c2ccccc2)nc2n1C(C(=O)O)Cc1ccccc1-2. The van der Waals surface area contributed by atoms with Crippen LogP contribution >= 0.6 is 0 Å². The van der Waals surface area contributed by atoms with Crippen molar-refractivity contribution >= 4 is 5.97 Å². The first-order valence-electron chi connectivity index (χ1n) is 9.04. The summed E-state index contributed by atoms with van der Waals surface area (Å²) >= 11 is 0. The molecule has 132 valence electrons. The van der Waals surface area contributed by atoms with Gasteiger partial charge < -0.3 is 9.67 Å². The van der Waals surface area contributed by atoms with E-state index in [1.54, 1.807) is 0 Å². The lowest BCUT2D eigenvalue weighted by Gasteiger charge is -2.26. The topological polar surface area (TPSA) is 55.1 Å². The Kier molecular flexibility index (Phi) is 4.11. The highest BCUT2D eigenvalue weighted by atomic mass is 16.4. The molecule has 26 heavy (non-hydrogen) atoms. The van der Waals surface area contributed by atoms with Gasteiger partial charge in [0.1, 0.15) is 11.9 Å². The van der Waals surface area contributed by atoms with E-state index < -0.39 is 12.0 Å². The standard InChI is InChI=1S/C22H22N2O2/c1-14(2)12-18-20(15-8-4-3-5-9-15)23-21-17-11-7-6-10-16(17)13-19(22(25)26)24(18)21/h3-11,14,19H,12-13H2,1-2H3,(H,25,26). The highest BCUT2D eigenvalue weighted by Gasteiger charge is 2.34. The monoisotopic (exact) mass is 346 g/mol. The second kappa shape index (κ2) is 6.45. The summed E-state index contributed by atoms with van der Waals surface area (Å²) < 4.78 is 1.97. The minimum atomic E-state index is -0.803. The number of hydrogen-bond donors (Lipinski definition) is 1. The van der Waals surface area contributed by atoms with E-state index in [0.29, 0.717) is 12.3 Å². The molecule has 1 aliphatic rings. The smallest absolute Gasteiger partial charge is 0.327 e. The van der Waals surface area contributed by atoms with Gasteiger partial charge >= 0.3 is 5.97 Å². The average molecular weight is 346 g/mol. The van der Waals surface area contributed by atoms with Gasteiger partial charge in [-0.2, -0.15) is 0 Å². The zero-order valence-corrected chi connectivity index (χ0v) is 15.0. The number of fused-ring (bicyclic) bond motifs is 3. The van der Waals surface area contributed by atoms with Gasteiger partial charge in [-0.1, -0.05) is 68.4 Å². The number of carbonyl (C=O) groups is 1. The molecular formula is C22H22N2O2. The zero-order chi connectivity index (χ0) is 18.3. The second-order valence-electron chi connectivity index (χ2n) is 7.28. The van der Waals surface area contributed by atoms with Crippen LogP contribution in [0.25, 0.3) is 22.6 Å². The third-order valence-electron chi connectivity index (χ3n) is 4.93. The summed E-state index contributed by atoms with van der Waals surface area (Å²) in [5.74, 6) is 0.376. The summed E-state index contributed by atoms with van der Waals surface area (Å²) in [4.78, 5) is 17.0. The molecule has 0 bridgehead atoms. The van der Waals surface area contributed by atoms with E-state index >= 15 is 0 Å². The van der Waals surface area contributed by atoms with E-state index in [1.807, 2.05) is 59.2 Å². The van der Waals surface area contributed by atoms with Crippen molar-refractivity contribution in [3.63, 3.8) is 0 Å². The first-order valence-corrected chi connectivity index (χ1v) is 9.04. The van der Waals surface area contributed by atoms with E-state index in [-0.39, 0.29) is 0 Å². The van der Waals surface area contributed by atoms with Crippen molar-refractivity contribution in [1.82, 2.24) is 9.55 Å². The average Bonchev–Trinajstić information content (AvgIpc) is 3.00. The second-order valence-corrected chi connectivity index (χ2v) is 7.28. The molecule has 0 saturated carbocycles. The fourth-order valence-corrected chi connectivity index (χ4v) is 3.81. The Morgan fingerprint density at radius 3 is 2.54 bits per heavy atom. The summed E-state index contributed by atoms with van der Waals surface area (Å²) in [7, 11) is 0. The molecule has 4 rings (SSSR count). The number of imidazole rings is 1. The molecule has 0 spiro atoms. The summed E-state index contributed by atoms with van der Waals surface area (Å²) in [5.41, 5.74) is 5.04. The normalized spacial score (nSPS) is 15.6. The van der Waals surface area contributed by atoms with E-state index in [0.717, 1.165) is 40.3 Å². The molecule has 1 N–H and O–H groups in total. The third kappa shape index (κ3) is 2.71. The number of rotatable bonds is 4. The van der Waals surface area contributed by atoms with E-state index in [1.165, 1.54) is 0 Å². The molecule has 0 radical (unpaired) electrons. The summed E-state index contributed by atoms with van der Waals surface area (Å²) in [6.45, 7) is 4.31. The minimum absolute atomic E-state index is 0.407. The number of carboxylic acids is 1. The van der Waals surface area contributed by atoms with Crippen LogP contribution in [0.5, 0.6) is 0 Å². The lowest BCUT2D eigenvalue weighted by molar-refractivity contribution is -0.141. The van der Waals surface area contributed by atoms with E-state index in [4.69, 9.17) is 4.98 Å². The molecule has 3 aromatic rings. The van der Waals surface area contributed by atoms with Crippen LogP contribution in [0.1, 0.15) is 31.1 Å². The quantitative estimate of drug-likeness (QED) is 0.751. The van der Waals surface area contributed by atoms with Crippen LogP contribution in [-0.4, -0.2) is 20.6 Å². The van der Waals surface area contributed by atoms with Gasteiger partial charge in [0.05, 0.1) is 5.69 Å². The minimum Gasteiger partial charge on any atom is -0.480 e. The Balaban J connectivity index is 2.01. The summed E-state index contributed by atoms with van der Waals surface area (Å²) in [5, 5.41) is 9.90. The Morgan fingerprint density at radius 2 is 1.85 bits per heavy atom. The van der Waals surface area contributed by atoms with Gasteiger partial charge in [-0.3, -0.25) is 0 Å². The highest BCUT2D eigenvalue weighted by Crippen LogP contribution is 2.39. The number of benzene rings is 2. The molecule has 0 amide bonds. The van der Waals surface area contributed by atoms with Crippen LogP contribution < -0.4 is 0 Å². The maximum atomic E-state index is 12.1. The first kappa shape index (κ1) is 16.6. The molecule has 0 fully saturated rings. The van der Waals surface area contributed by atoms with Crippen LogP contribution in [0.2, 0.25) is 0 Å². The molecule has 0 saturated heterocycles. The number of carboxylic acid groups (broad SMARTS) is 1. The van der Waals surface area contributed by atoms with Crippen molar-refractivity contribution in [3.05, 3.63) is 65.9 Å². The van der Waals surface area contributed by atoms with Crippen molar-refractivity contribution in [2.75, 3.05) is 0 Å². The number of aliphatic carboxylic acids is 1. The number of hydrogen-bond acceptors (Lipinski definition) is 2. The zero-order valence-electron chi connectivity index (χ0n) is 15.0. The third-order valence-corrected chi connectivity index (χ3v) is 4.93. The van der Waals surface area contributed by atoms with Crippen molar-refractivity contribution in [1.29, 1.82) is 0 Å². The molecule has 0 aliphatic carbocycles. The molecule has 2 aromatic carbocycles. The predicted molar refractivity (Wildman–Crippen MR) is 102 cm³/mol. The van der Waals surface area contributed by atoms with Crippen molar-refractivity contribution < 1.29 is 9.90 Å². The van der Waals surface area contributed by atoms with Gasteiger partial charge in [-0.05, 0) is 17.9 Å². The lowest BCUT2D eigenvalue weighted by atomic mass is 9.94. The van der Waals surface area contributed by atoms with Crippen LogP contribution in [-0.2, 0) is 17.6 Å². The molecule has 2 heterocycles. The van der Waals surface area contributed by atoms with Crippen molar-refractivity contribution in [3.8, 4) is 22.6 Å².